The summed E-state index contributed by atoms with van der Waals surface area (Å²) in [5, 5.41) is 16.9. The van der Waals surface area contributed by atoms with Crippen molar-refractivity contribution >= 4 is 33.3 Å². The van der Waals surface area contributed by atoms with E-state index >= 15 is 0 Å². The van der Waals surface area contributed by atoms with Gasteiger partial charge in [-0.05, 0) is 53.7 Å². The lowest BCUT2D eigenvalue weighted by molar-refractivity contribution is 0.477. The third-order valence-electron chi connectivity index (χ3n) is 4.54. The highest BCUT2D eigenvalue weighted by Gasteiger charge is 2.20. The van der Waals surface area contributed by atoms with E-state index < -0.39 is 0 Å². The normalized spacial score (nSPS) is 11.4. The van der Waals surface area contributed by atoms with Gasteiger partial charge < -0.3 is 0 Å². The molecule has 9 heteroatoms. The molecule has 0 unspecified atom stereocenters. The zero-order valence-corrected chi connectivity index (χ0v) is 17.9. The molecule has 0 saturated carbocycles. The van der Waals surface area contributed by atoms with Crippen LogP contribution in [0.2, 0.25) is 0 Å². The molecule has 0 N–H and O–H groups in total. The number of rotatable bonds is 5. The molecule has 0 saturated heterocycles. The van der Waals surface area contributed by atoms with E-state index in [2.05, 4.69) is 51.9 Å². The smallest absolute Gasteiger partial charge is 0.215 e. The first kappa shape index (κ1) is 18.8. The molecule has 1 aromatic carbocycles. The number of hydrogen-bond acceptors (Lipinski definition) is 8. The molecule has 30 heavy (non-hydrogen) atoms. The molecule has 0 bridgehead atoms. The van der Waals surface area contributed by atoms with Gasteiger partial charge in [-0.1, -0.05) is 30.3 Å². The average molecular weight is 432 g/mol. The van der Waals surface area contributed by atoms with Crippen molar-refractivity contribution in [2.24, 2.45) is 0 Å². The summed E-state index contributed by atoms with van der Waals surface area (Å²) in [4.78, 5) is 14.9. The predicted molar refractivity (Wildman–Crippen MR) is 118 cm³/mol. The molecular weight excluding hydrogens is 414 g/mol. The van der Waals surface area contributed by atoms with E-state index in [9.17, 15) is 0 Å². The first-order valence-electron chi connectivity index (χ1n) is 9.41. The molecule has 0 radical (unpaired) electrons. The highest BCUT2D eigenvalue weighted by molar-refractivity contribution is 7.99. The highest BCUT2D eigenvalue weighted by Crippen LogP contribution is 2.41. The lowest BCUT2D eigenvalue weighted by Gasteiger charge is -2.10. The number of tetrazole rings is 1. The maximum absolute atomic E-state index is 4.91. The SMILES string of the molecule is CC(C)n1nnnc1Sc1nc(-c2cccnc2)nc2scc(-c3ccccc3)c12. The minimum Gasteiger partial charge on any atom is -0.264 e. The van der Waals surface area contributed by atoms with Crippen LogP contribution in [-0.2, 0) is 0 Å². The maximum atomic E-state index is 4.91. The van der Waals surface area contributed by atoms with Crippen molar-refractivity contribution in [3.8, 4) is 22.5 Å². The Balaban J connectivity index is 1.72. The molecule has 0 fully saturated rings. The van der Waals surface area contributed by atoms with E-state index in [0.29, 0.717) is 11.0 Å². The van der Waals surface area contributed by atoms with Crippen LogP contribution >= 0.6 is 23.1 Å². The zero-order chi connectivity index (χ0) is 20.5. The monoisotopic (exact) mass is 431 g/mol. The Bertz CT molecular complexity index is 1300. The van der Waals surface area contributed by atoms with Crippen molar-refractivity contribution in [1.29, 1.82) is 0 Å². The summed E-state index contributed by atoms with van der Waals surface area (Å²) in [5.41, 5.74) is 3.12. The molecule has 0 amide bonds. The van der Waals surface area contributed by atoms with Gasteiger partial charge in [0.1, 0.15) is 9.86 Å². The van der Waals surface area contributed by atoms with Crippen molar-refractivity contribution < 1.29 is 0 Å². The number of pyridine rings is 1. The molecule has 4 aromatic heterocycles. The van der Waals surface area contributed by atoms with Crippen LogP contribution in [0.1, 0.15) is 19.9 Å². The molecule has 4 heterocycles. The number of aromatic nitrogens is 7. The predicted octanol–water partition coefficient (Wildman–Crippen LogP) is 5.14. The molecule has 5 rings (SSSR count). The van der Waals surface area contributed by atoms with E-state index in [0.717, 1.165) is 31.9 Å². The second-order valence-corrected chi connectivity index (χ2v) is 8.71. The number of hydrogen-bond donors (Lipinski definition) is 0. The number of benzene rings is 1. The fraction of sp³-hybridized carbons (Fsp3) is 0.143. The van der Waals surface area contributed by atoms with Crippen LogP contribution in [0, 0.1) is 0 Å². The summed E-state index contributed by atoms with van der Waals surface area (Å²) in [6, 6.07) is 14.3. The summed E-state index contributed by atoms with van der Waals surface area (Å²) in [6.07, 6.45) is 3.52. The third kappa shape index (κ3) is 3.46. The van der Waals surface area contributed by atoms with Gasteiger partial charge in [-0.3, -0.25) is 4.98 Å². The van der Waals surface area contributed by atoms with Crippen molar-refractivity contribution in [2.45, 2.75) is 30.1 Å². The molecule has 7 nitrogen and oxygen atoms in total. The second-order valence-electron chi connectivity index (χ2n) is 6.89. The Morgan fingerprint density at radius 2 is 1.83 bits per heavy atom. The van der Waals surface area contributed by atoms with Gasteiger partial charge in [-0.25, -0.2) is 14.6 Å². The van der Waals surface area contributed by atoms with Gasteiger partial charge in [0, 0.05) is 28.9 Å². The van der Waals surface area contributed by atoms with Gasteiger partial charge in [0.05, 0.1) is 11.4 Å². The van der Waals surface area contributed by atoms with Gasteiger partial charge >= 0.3 is 0 Å². The molecule has 0 atom stereocenters. The van der Waals surface area contributed by atoms with Crippen LogP contribution in [0.4, 0.5) is 0 Å². The second kappa shape index (κ2) is 7.92. The minimum atomic E-state index is 0.147. The summed E-state index contributed by atoms with van der Waals surface area (Å²) in [6.45, 7) is 4.11. The zero-order valence-electron chi connectivity index (χ0n) is 16.3. The Hall–Kier alpha value is -3.17. The van der Waals surface area contributed by atoms with Crippen LogP contribution in [-0.4, -0.2) is 35.2 Å². The van der Waals surface area contributed by atoms with Crippen molar-refractivity contribution in [1.82, 2.24) is 35.2 Å². The van der Waals surface area contributed by atoms with Crippen LogP contribution in [0.25, 0.3) is 32.7 Å². The largest absolute Gasteiger partial charge is 0.264 e. The Labute approximate surface area is 181 Å². The fourth-order valence-corrected chi connectivity index (χ4v) is 5.14. The summed E-state index contributed by atoms with van der Waals surface area (Å²) in [5.74, 6) is 0.642. The summed E-state index contributed by atoms with van der Waals surface area (Å²) >= 11 is 3.07. The highest BCUT2D eigenvalue weighted by atomic mass is 32.2. The van der Waals surface area contributed by atoms with Crippen LogP contribution in [0.15, 0.2) is 70.4 Å². The molecule has 5 aromatic rings. The van der Waals surface area contributed by atoms with Crippen molar-refractivity contribution in [2.75, 3.05) is 0 Å². The molecule has 0 aliphatic heterocycles. The Morgan fingerprint density at radius 1 is 1.00 bits per heavy atom. The van der Waals surface area contributed by atoms with Gasteiger partial charge in [-0.15, -0.1) is 16.4 Å². The van der Waals surface area contributed by atoms with Gasteiger partial charge in [-0.2, -0.15) is 0 Å². The lowest BCUT2D eigenvalue weighted by atomic mass is 10.1. The maximum Gasteiger partial charge on any atom is 0.215 e. The van der Waals surface area contributed by atoms with Crippen molar-refractivity contribution in [3.05, 3.63) is 60.2 Å². The van der Waals surface area contributed by atoms with Gasteiger partial charge in [0.15, 0.2) is 5.82 Å². The molecule has 148 valence electrons. The van der Waals surface area contributed by atoms with E-state index in [1.54, 1.807) is 28.4 Å². The van der Waals surface area contributed by atoms with E-state index in [1.165, 1.54) is 11.8 Å². The molecule has 0 aliphatic rings. The third-order valence-corrected chi connectivity index (χ3v) is 6.36. The van der Waals surface area contributed by atoms with E-state index in [-0.39, 0.29) is 6.04 Å². The van der Waals surface area contributed by atoms with Gasteiger partial charge in [0.2, 0.25) is 5.16 Å². The molecule has 0 aliphatic carbocycles. The lowest BCUT2D eigenvalue weighted by Crippen LogP contribution is -2.05. The van der Waals surface area contributed by atoms with Crippen molar-refractivity contribution in [3.63, 3.8) is 0 Å². The first-order valence-corrected chi connectivity index (χ1v) is 11.1. The first-order chi connectivity index (χ1) is 14.7. The minimum absolute atomic E-state index is 0.147. The van der Waals surface area contributed by atoms with Crippen LogP contribution < -0.4 is 0 Å². The molecule has 0 spiro atoms. The number of fused-ring (bicyclic) bond motifs is 1. The number of thiophene rings is 1. The van der Waals surface area contributed by atoms with Crippen LogP contribution in [0.5, 0.6) is 0 Å². The summed E-state index contributed by atoms with van der Waals surface area (Å²) in [7, 11) is 0. The van der Waals surface area contributed by atoms with Gasteiger partial charge in [0.25, 0.3) is 0 Å². The fourth-order valence-electron chi connectivity index (χ4n) is 3.10. The molecular formula is C21H17N7S2. The Morgan fingerprint density at radius 3 is 2.60 bits per heavy atom. The Kier molecular flexibility index (Phi) is 4.97. The average Bonchev–Trinajstić information content (AvgIpc) is 3.42. The van der Waals surface area contributed by atoms with E-state index in [4.69, 9.17) is 9.97 Å². The number of nitrogens with zero attached hydrogens (tertiary/aromatic N) is 7. The van der Waals surface area contributed by atoms with E-state index in [1.807, 2.05) is 30.3 Å². The summed E-state index contributed by atoms with van der Waals surface area (Å²) < 4.78 is 1.80. The topological polar surface area (TPSA) is 82.3 Å². The standard InChI is InChI=1S/C21H17N7S2/c1-13(2)28-21(25-26-27-28)30-20-17-16(14-7-4-3-5-8-14)12-29-19(17)23-18(24-20)15-9-6-10-22-11-15/h3-13H,1-2H3. The van der Waals surface area contributed by atoms with Crippen LogP contribution in [0.3, 0.4) is 0 Å². The quantitative estimate of drug-likeness (QED) is 0.356.